The number of aromatic amines is 1. The van der Waals surface area contributed by atoms with E-state index in [1.54, 1.807) is 54.7 Å². The van der Waals surface area contributed by atoms with Crippen LogP contribution in [0.3, 0.4) is 0 Å². The molecule has 0 aliphatic rings. The molecule has 0 bridgehead atoms. The number of hydrogen-bond donors (Lipinski definition) is 2. The average molecular weight is 315 g/mol. The molecular weight excluding hydrogens is 302 g/mol. The van der Waals surface area contributed by atoms with Gasteiger partial charge in [-0.1, -0.05) is 42.5 Å². The number of aromatic nitrogens is 2. The number of benzene rings is 2. The lowest BCUT2D eigenvalue weighted by Crippen LogP contribution is -2.31. The van der Waals surface area contributed by atoms with Crippen molar-refractivity contribution in [1.29, 1.82) is 0 Å². The highest BCUT2D eigenvalue weighted by Gasteiger charge is 2.19. The number of fused-ring (bicyclic) bond motifs is 1. The lowest BCUT2D eigenvalue weighted by Gasteiger charge is -2.07. The van der Waals surface area contributed by atoms with E-state index in [9.17, 15) is 13.2 Å². The van der Waals surface area contributed by atoms with Crippen LogP contribution in [0.2, 0.25) is 0 Å². The van der Waals surface area contributed by atoms with Crippen LogP contribution in [0.25, 0.3) is 10.9 Å². The summed E-state index contributed by atoms with van der Waals surface area (Å²) in [6, 6.07) is 13.7. The van der Waals surface area contributed by atoms with E-state index in [1.807, 2.05) is 0 Å². The van der Waals surface area contributed by atoms with E-state index < -0.39 is 15.9 Å². The Morgan fingerprint density at radius 2 is 1.86 bits per heavy atom. The molecule has 0 fully saturated rings. The first-order chi connectivity index (χ1) is 10.6. The van der Waals surface area contributed by atoms with Gasteiger partial charge in [-0.25, -0.2) is 13.1 Å². The van der Waals surface area contributed by atoms with Gasteiger partial charge >= 0.3 is 0 Å². The van der Waals surface area contributed by atoms with Gasteiger partial charge in [0, 0.05) is 5.39 Å². The second kappa shape index (κ2) is 5.61. The molecule has 22 heavy (non-hydrogen) atoms. The second-order valence-electron chi connectivity index (χ2n) is 4.82. The molecule has 0 aliphatic carbocycles. The third-order valence-corrected chi connectivity index (χ3v) is 4.38. The van der Waals surface area contributed by atoms with Crippen molar-refractivity contribution < 1.29 is 13.2 Å². The van der Waals surface area contributed by atoms with E-state index in [-0.39, 0.29) is 11.3 Å². The normalized spacial score (nSPS) is 11.5. The van der Waals surface area contributed by atoms with E-state index in [0.717, 1.165) is 5.39 Å². The van der Waals surface area contributed by atoms with Gasteiger partial charge in [0.1, 0.15) is 0 Å². The highest BCUT2D eigenvalue weighted by Crippen LogP contribution is 2.16. The predicted molar refractivity (Wildman–Crippen MR) is 82.6 cm³/mol. The van der Waals surface area contributed by atoms with E-state index in [0.29, 0.717) is 11.1 Å². The summed E-state index contributed by atoms with van der Waals surface area (Å²) in [6.07, 6.45) is 1.57. The molecule has 0 radical (unpaired) electrons. The Kier molecular flexibility index (Phi) is 3.64. The molecule has 0 saturated heterocycles. The molecule has 3 aromatic rings. The van der Waals surface area contributed by atoms with Crippen LogP contribution in [0.15, 0.2) is 54.7 Å². The third-order valence-electron chi connectivity index (χ3n) is 3.17. The zero-order valence-corrected chi connectivity index (χ0v) is 12.3. The fourth-order valence-corrected chi connectivity index (χ4v) is 3.28. The van der Waals surface area contributed by atoms with Crippen molar-refractivity contribution in [2.75, 3.05) is 0 Å². The molecule has 0 atom stereocenters. The quantitative estimate of drug-likeness (QED) is 0.768. The second-order valence-corrected chi connectivity index (χ2v) is 6.54. The van der Waals surface area contributed by atoms with Crippen molar-refractivity contribution >= 4 is 26.8 Å². The standard InChI is InChI=1S/C15H13N3O3S/c19-15(13-8-4-7-12-9-16-17-14(12)13)18-22(20,21)10-11-5-2-1-3-6-11/h1-9H,10H2,(H,16,17)(H,18,19). The number of carbonyl (C=O) groups excluding carboxylic acids is 1. The van der Waals surface area contributed by atoms with Crippen molar-refractivity contribution in [2.45, 2.75) is 5.75 Å². The summed E-state index contributed by atoms with van der Waals surface area (Å²) in [4.78, 5) is 12.2. The van der Waals surface area contributed by atoms with Gasteiger partial charge in [-0.05, 0) is 11.6 Å². The number of sulfonamides is 1. The monoisotopic (exact) mass is 315 g/mol. The van der Waals surface area contributed by atoms with E-state index in [2.05, 4.69) is 14.9 Å². The van der Waals surface area contributed by atoms with Gasteiger partial charge in [0.2, 0.25) is 10.0 Å². The molecule has 0 spiro atoms. The maximum Gasteiger partial charge on any atom is 0.266 e. The highest BCUT2D eigenvalue weighted by atomic mass is 32.2. The highest BCUT2D eigenvalue weighted by molar-refractivity contribution is 7.89. The Morgan fingerprint density at radius 1 is 1.09 bits per heavy atom. The number of para-hydroxylation sites is 1. The summed E-state index contributed by atoms with van der Waals surface area (Å²) in [7, 11) is -3.77. The van der Waals surface area contributed by atoms with Crippen LogP contribution < -0.4 is 4.72 Å². The van der Waals surface area contributed by atoms with Gasteiger partial charge in [-0.15, -0.1) is 0 Å². The Labute approximate surface area is 127 Å². The molecule has 0 unspecified atom stereocenters. The summed E-state index contributed by atoms with van der Waals surface area (Å²) >= 11 is 0. The van der Waals surface area contributed by atoms with Crippen LogP contribution in [0.1, 0.15) is 15.9 Å². The number of nitrogens with one attached hydrogen (secondary N) is 2. The smallest absolute Gasteiger partial charge is 0.266 e. The van der Waals surface area contributed by atoms with Crippen LogP contribution in [0.4, 0.5) is 0 Å². The molecule has 2 N–H and O–H groups in total. The van der Waals surface area contributed by atoms with Crippen LogP contribution in [0, 0.1) is 0 Å². The molecule has 6 nitrogen and oxygen atoms in total. The van der Waals surface area contributed by atoms with Gasteiger partial charge in [-0.2, -0.15) is 5.10 Å². The topological polar surface area (TPSA) is 91.9 Å². The molecule has 1 amide bonds. The Hall–Kier alpha value is -2.67. The van der Waals surface area contributed by atoms with Crippen LogP contribution in [0.5, 0.6) is 0 Å². The predicted octanol–water partition coefficient (Wildman–Crippen LogP) is 1.82. The first kappa shape index (κ1) is 14.3. The SMILES string of the molecule is O=C(NS(=O)(=O)Cc1ccccc1)c1cccc2cn[nH]c12. The van der Waals surface area contributed by atoms with Gasteiger partial charge < -0.3 is 0 Å². The molecule has 3 rings (SSSR count). The van der Waals surface area contributed by atoms with Crippen molar-refractivity contribution in [2.24, 2.45) is 0 Å². The molecule has 7 heteroatoms. The van der Waals surface area contributed by atoms with Crippen molar-refractivity contribution in [1.82, 2.24) is 14.9 Å². The minimum atomic E-state index is -3.77. The molecule has 0 aliphatic heterocycles. The van der Waals surface area contributed by atoms with Crippen LogP contribution in [-0.2, 0) is 15.8 Å². The summed E-state index contributed by atoms with van der Waals surface area (Å²) in [6.45, 7) is 0. The maximum atomic E-state index is 12.2. The van der Waals surface area contributed by atoms with E-state index >= 15 is 0 Å². The first-order valence-electron chi connectivity index (χ1n) is 6.56. The van der Waals surface area contributed by atoms with Crippen molar-refractivity contribution in [3.05, 3.63) is 65.9 Å². The fraction of sp³-hybridized carbons (Fsp3) is 0.0667. The molecule has 1 aromatic heterocycles. The minimum Gasteiger partial charge on any atom is -0.277 e. The number of rotatable bonds is 4. The van der Waals surface area contributed by atoms with E-state index in [1.165, 1.54) is 0 Å². The van der Waals surface area contributed by atoms with Gasteiger partial charge in [-0.3, -0.25) is 9.89 Å². The zero-order valence-electron chi connectivity index (χ0n) is 11.5. The van der Waals surface area contributed by atoms with Gasteiger partial charge in [0.25, 0.3) is 5.91 Å². The number of carbonyl (C=O) groups is 1. The van der Waals surface area contributed by atoms with Crippen LogP contribution in [-0.4, -0.2) is 24.5 Å². The molecule has 112 valence electrons. The molecular formula is C15H13N3O3S. The Bertz CT molecular complexity index is 917. The zero-order chi connectivity index (χ0) is 15.6. The van der Waals surface area contributed by atoms with Gasteiger partial charge in [0.15, 0.2) is 0 Å². The fourth-order valence-electron chi connectivity index (χ4n) is 2.18. The first-order valence-corrected chi connectivity index (χ1v) is 8.21. The lowest BCUT2D eigenvalue weighted by atomic mass is 10.1. The van der Waals surface area contributed by atoms with Gasteiger partial charge in [0.05, 0.1) is 23.0 Å². The summed E-state index contributed by atoms with van der Waals surface area (Å²) in [5.74, 6) is -0.927. The summed E-state index contributed by atoms with van der Waals surface area (Å²) < 4.78 is 26.3. The largest absolute Gasteiger partial charge is 0.277 e. The summed E-state index contributed by atoms with van der Waals surface area (Å²) in [5.41, 5.74) is 1.36. The van der Waals surface area contributed by atoms with E-state index in [4.69, 9.17) is 0 Å². The van der Waals surface area contributed by atoms with Crippen molar-refractivity contribution in [3.63, 3.8) is 0 Å². The molecule has 1 heterocycles. The average Bonchev–Trinajstić information content (AvgIpc) is 2.95. The summed E-state index contributed by atoms with van der Waals surface area (Å²) in [5, 5.41) is 7.30. The number of nitrogens with zero attached hydrogens (tertiary/aromatic N) is 1. The lowest BCUT2D eigenvalue weighted by molar-refractivity contribution is 0.0983. The number of amides is 1. The van der Waals surface area contributed by atoms with Crippen LogP contribution >= 0.6 is 0 Å². The number of hydrogen-bond acceptors (Lipinski definition) is 4. The van der Waals surface area contributed by atoms with Crippen molar-refractivity contribution in [3.8, 4) is 0 Å². The molecule has 0 saturated carbocycles. The minimum absolute atomic E-state index is 0.242. The number of H-pyrrole nitrogens is 1. The third kappa shape index (κ3) is 2.99. The Balaban J connectivity index is 1.83. The Morgan fingerprint density at radius 3 is 2.64 bits per heavy atom. The molecule has 2 aromatic carbocycles. The maximum absolute atomic E-state index is 12.2.